The molecule has 2 rings (SSSR count). The minimum absolute atomic E-state index is 0.186. The predicted molar refractivity (Wildman–Crippen MR) is 50.8 cm³/mol. The zero-order valence-electron chi connectivity index (χ0n) is 8.82. The molecule has 16 heavy (non-hydrogen) atoms. The van der Waals surface area contributed by atoms with Crippen molar-refractivity contribution in [2.75, 3.05) is 0 Å². The van der Waals surface area contributed by atoms with Crippen LogP contribution in [0.5, 0.6) is 0 Å². The Hall–Kier alpha value is -1.10. The van der Waals surface area contributed by atoms with Crippen molar-refractivity contribution in [3.63, 3.8) is 0 Å². The first-order valence-corrected chi connectivity index (χ1v) is 4.87. The first-order chi connectivity index (χ1) is 7.28. The Balaban J connectivity index is 2.52. The van der Waals surface area contributed by atoms with Crippen molar-refractivity contribution in [1.82, 2.24) is 0 Å². The number of benzene rings is 1. The summed E-state index contributed by atoms with van der Waals surface area (Å²) in [5.41, 5.74) is 5.07. The second-order valence-electron chi connectivity index (χ2n) is 4.71. The van der Waals surface area contributed by atoms with E-state index in [9.17, 15) is 17.6 Å². The predicted octanol–water partition coefficient (Wildman–Crippen LogP) is 2.69. The number of hydrogen-bond donors (Lipinski definition) is 1. The summed E-state index contributed by atoms with van der Waals surface area (Å²) in [5, 5.41) is 0. The molecule has 0 bridgehead atoms. The lowest BCUT2D eigenvalue weighted by atomic mass is 10.0. The molecule has 5 heteroatoms. The van der Waals surface area contributed by atoms with Crippen LogP contribution in [-0.2, 0) is 0 Å². The second kappa shape index (κ2) is 3.20. The maximum atomic E-state index is 13.4. The van der Waals surface area contributed by atoms with E-state index >= 15 is 0 Å². The molecule has 1 nitrogen and oxygen atoms in total. The topological polar surface area (TPSA) is 26.0 Å². The SMILES string of the molecule is CC1(C)C(N)C1c1cc(F)c(F)c(F)c1F. The second-order valence-corrected chi connectivity index (χ2v) is 4.71. The van der Waals surface area contributed by atoms with Gasteiger partial charge in [0.1, 0.15) is 0 Å². The number of hydrogen-bond acceptors (Lipinski definition) is 1. The molecule has 88 valence electrons. The highest BCUT2D eigenvalue weighted by Crippen LogP contribution is 2.58. The molecule has 1 aliphatic carbocycles. The van der Waals surface area contributed by atoms with Crippen LogP contribution in [0.15, 0.2) is 6.07 Å². The van der Waals surface area contributed by atoms with E-state index in [0.717, 1.165) is 0 Å². The first kappa shape index (κ1) is 11.4. The minimum Gasteiger partial charge on any atom is -0.327 e. The monoisotopic (exact) mass is 233 g/mol. The van der Waals surface area contributed by atoms with Crippen LogP contribution in [0.3, 0.4) is 0 Å². The Morgan fingerprint density at radius 1 is 1.06 bits per heavy atom. The highest BCUT2D eigenvalue weighted by Gasteiger charge is 2.57. The van der Waals surface area contributed by atoms with Gasteiger partial charge in [-0.05, 0) is 17.0 Å². The van der Waals surface area contributed by atoms with Gasteiger partial charge in [-0.1, -0.05) is 13.8 Å². The van der Waals surface area contributed by atoms with Gasteiger partial charge in [0.05, 0.1) is 0 Å². The van der Waals surface area contributed by atoms with Gasteiger partial charge < -0.3 is 5.73 Å². The highest BCUT2D eigenvalue weighted by atomic mass is 19.2. The summed E-state index contributed by atoms with van der Waals surface area (Å²) in [7, 11) is 0. The molecule has 1 aliphatic rings. The Kier molecular flexibility index (Phi) is 2.28. The minimum atomic E-state index is -1.78. The molecule has 0 aliphatic heterocycles. The fourth-order valence-corrected chi connectivity index (χ4v) is 2.09. The molecule has 2 atom stereocenters. The van der Waals surface area contributed by atoms with Crippen LogP contribution in [0, 0.1) is 28.7 Å². The van der Waals surface area contributed by atoms with E-state index in [1.807, 2.05) is 0 Å². The van der Waals surface area contributed by atoms with E-state index in [-0.39, 0.29) is 11.6 Å². The summed E-state index contributed by atoms with van der Waals surface area (Å²) in [6.07, 6.45) is 0. The molecule has 2 N–H and O–H groups in total. The van der Waals surface area contributed by atoms with E-state index in [0.29, 0.717) is 6.07 Å². The normalized spacial score (nSPS) is 26.9. The zero-order valence-corrected chi connectivity index (χ0v) is 8.82. The van der Waals surface area contributed by atoms with Crippen LogP contribution >= 0.6 is 0 Å². The fourth-order valence-electron chi connectivity index (χ4n) is 2.09. The lowest BCUT2D eigenvalue weighted by Crippen LogP contribution is -2.07. The number of halogens is 4. The Bertz CT molecular complexity index is 456. The quantitative estimate of drug-likeness (QED) is 0.450. The molecule has 2 unspecified atom stereocenters. The van der Waals surface area contributed by atoms with Crippen LogP contribution in [0.1, 0.15) is 25.3 Å². The smallest absolute Gasteiger partial charge is 0.197 e. The van der Waals surface area contributed by atoms with Crippen molar-refractivity contribution in [2.45, 2.75) is 25.8 Å². The fraction of sp³-hybridized carbons (Fsp3) is 0.455. The molecule has 1 aromatic rings. The van der Waals surface area contributed by atoms with Crippen molar-refractivity contribution in [1.29, 1.82) is 0 Å². The molecular formula is C11H11F4N. The lowest BCUT2D eigenvalue weighted by Gasteiger charge is -2.06. The van der Waals surface area contributed by atoms with Crippen LogP contribution in [0.25, 0.3) is 0 Å². The summed E-state index contributed by atoms with van der Waals surface area (Å²) >= 11 is 0. The lowest BCUT2D eigenvalue weighted by molar-refractivity contribution is 0.402. The third kappa shape index (κ3) is 1.34. The average Bonchev–Trinajstić information content (AvgIpc) is 2.70. The van der Waals surface area contributed by atoms with Gasteiger partial charge in [-0.15, -0.1) is 0 Å². The number of nitrogens with two attached hydrogens (primary N) is 1. The Morgan fingerprint density at radius 3 is 2.00 bits per heavy atom. The molecule has 0 spiro atoms. The van der Waals surface area contributed by atoms with Crippen LogP contribution < -0.4 is 5.73 Å². The van der Waals surface area contributed by atoms with Crippen LogP contribution in [0.2, 0.25) is 0 Å². The summed E-state index contributed by atoms with van der Waals surface area (Å²) < 4.78 is 52.1. The highest BCUT2D eigenvalue weighted by molar-refractivity contribution is 5.36. The van der Waals surface area contributed by atoms with Crippen molar-refractivity contribution < 1.29 is 17.6 Å². The summed E-state index contributed by atoms with van der Waals surface area (Å²) in [5.74, 6) is -6.76. The van der Waals surface area contributed by atoms with Gasteiger partial charge in [-0.2, -0.15) is 0 Å². The molecule has 0 amide bonds. The van der Waals surface area contributed by atoms with Crippen LogP contribution in [-0.4, -0.2) is 6.04 Å². The molecule has 0 aromatic heterocycles. The molecular weight excluding hydrogens is 222 g/mol. The summed E-state index contributed by atoms with van der Waals surface area (Å²) in [6, 6.07) is 0.318. The zero-order chi connectivity index (χ0) is 12.2. The summed E-state index contributed by atoms with van der Waals surface area (Å²) in [6.45, 7) is 3.53. The number of rotatable bonds is 1. The van der Waals surface area contributed by atoms with Crippen LogP contribution in [0.4, 0.5) is 17.6 Å². The van der Waals surface area contributed by atoms with Gasteiger partial charge in [-0.25, -0.2) is 17.6 Å². The first-order valence-electron chi connectivity index (χ1n) is 4.87. The van der Waals surface area contributed by atoms with E-state index in [2.05, 4.69) is 0 Å². The van der Waals surface area contributed by atoms with Crippen molar-refractivity contribution in [3.05, 3.63) is 34.9 Å². The molecule has 0 saturated heterocycles. The summed E-state index contributed by atoms with van der Waals surface area (Å²) in [4.78, 5) is 0. The third-order valence-corrected chi connectivity index (χ3v) is 3.38. The van der Waals surface area contributed by atoms with Gasteiger partial charge in [0.25, 0.3) is 0 Å². The van der Waals surface area contributed by atoms with Crippen molar-refractivity contribution in [3.8, 4) is 0 Å². The van der Waals surface area contributed by atoms with Crippen molar-refractivity contribution >= 4 is 0 Å². The molecule has 1 aromatic carbocycles. The Morgan fingerprint density at radius 2 is 1.56 bits per heavy atom. The van der Waals surface area contributed by atoms with Gasteiger partial charge >= 0.3 is 0 Å². The van der Waals surface area contributed by atoms with E-state index in [1.165, 1.54) is 0 Å². The van der Waals surface area contributed by atoms with Gasteiger partial charge in [0.15, 0.2) is 23.3 Å². The van der Waals surface area contributed by atoms with Gasteiger partial charge in [0, 0.05) is 12.0 Å². The molecule has 1 saturated carbocycles. The van der Waals surface area contributed by atoms with Gasteiger partial charge in [0.2, 0.25) is 0 Å². The van der Waals surface area contributed by atoms with Crippen molar-refractivity contribution in [2.24, 2.45) is 11.1 Å². The molecule has 0 radical (unpaired) electrons. The molecule has 0 heterocycles. The maximum Gasteiger partial charge on any atom is 0.197 e. The van der Waals surface area contributed by atoms with Gasteiger partial charge in [-0.3, -0.25) is 0 Å². The largest absolute Gasteiger partial charge is 0.327 e. The third-order valence-electron chi connectivity index (χ3n) is 3.38. The Labute approximate surface area is 90.3 Å². The maximum absolute atomic E-state index is 13.4. The van der Waals surface area contributed by atoms with E-state index in [4.69, 9.17) is 5.73 Å². The molecule has 1 fully saturated rings. The average molecular weight is 233 g/mol. The van der Waals surface area contributed by atoms with E-state index < -0.39 is 34.6 Å². The standard InChI is InChI=1S/C11H11F4N/c1-11(2)6(10(11)16)4-3-5(12)8(14)9(15)7(4)13/h3,6,10H,16H2,1-2H3. The van der Waals surface area contributed by atoms with E-state index in [1.54, 1.807) is 13.8 Å².